The quantitative estimate of drug-likeness (QED) is 0.170. The summed E-state index contributed by atoms with van der Waals surface area (Å²) in [5, 5.41) is 2.35. The zero-order valence-electron chi connectivity index (χ0n) is 37.6. The van der Waals surface area contributed by atoms with E-state index in [0.29, 0.717) is 22.9 Å². The van der Waals surface area contributed by atoms with E-state index in [9.17, 15) is 0 Å². The van der Waals surface area contributed by atoms with E-state index >= 15 is 0 Å². The van der Waals surface area contributed by atoms with Crippen LogP contribution in [0.15, 0.2) is 194 Å². The fraction of sp³-hybridized carbons (Fsp3) is 0. The Labute approximate surface area is 338 Å². The molecule has 0 saturated heterocycles. The van der Waals surface area contributed by atoms with E-state index in [1.807, 2.05) is 48.5 Å². The summed E-state index contributed by atoms with van der Waals surface area (Å²) in [6.45, 7) is 0. The lowest BCUT2D eigenvalue weighted by atomic mass is 9.99. The number of hydrogen-bond donors (Lipinski definition) is 0. The summed E-state index contributed by atoms with van der Waals surface area (Å²) in [6, 6.07) is 44.6. The maximum atomic E-state index is 9.11. The third-order valence-electron chi connectivity index (χ3n) is 10.1. The SMILES string of the molecule is [2H]c1c([2H])c([2H])c2c(c1[2H])c1c([2H])c([2H])c([2H])c([2H])c1n2-c1ccccc1-c1nc(-c2ccccc2)nc(-c2cccc(-c3cccc4c3sc3ccc(-c5ccccc5)cc34)c2)n1. The summed E-state index contributed by atoms with van der Waals surface area (Å²) in [5.74, 6) is 1.04. The Morgan fingerprint density at radius 3 is 1.77 bits per heavy atom. The number of aromatic nitrogens is 4. The van der Waals surface area contributed by atoms with Crippen molar-refractivity contribution in [2.45, 2.75) is 0 Å². The first-order valence-corrected chi connectivity index (χ1v) is 18.9. The Hall–Kier alpha value is -7.21. The highest BCUT2D eigenvalue weighted by atomic mass is 32.1. The van der Waals surface area contributed by atoms with Crippen molar-refractivity contribution in [1.82, 2.24) is 19.5 Å². The van der Waals surface area contributed by atoms with Gasteiger partial charge in [0.1, 0.15) is 0 Å². The van der Waals surface area contributed by atoms with Crippen LogP contribution in [0.3, 0.4) is 0 Å². The minimum atomic E-state index is -0.505. The highest BCUT2D eigenvalue weighted by Crippen LogP contribution is 2.42. The summed E-state index contributed by atoms with van der Waals surface area (Å²) < 4.78 is 74.3. The highest BCUT2D eigenvalue weighted by molar-refractivity contribution is 7.26. The minimum Gasteiger partial charge on any atom is -0.309 e. The number of hydrogen-bond acceptors (Lipinski definition) is 4. The molecule has 56 heavy (non-hydrogen) atoms. The molecule has 11 rings (SSSR count). The topological polar surface area (TPSA) is 43.6 Å². The van der Waals surface area contributed by atoms with E-state index in [4.69, 9.17) is 25.9 Å². The smallest absolute Gasteiger partial charge is 0.166 e. The molecule has 3 heterocycles. The predicted octanol–water partition coefficient (Wildman–Crippen LogP) is 13.7. The lowest BCUT2D eigenvalue weighted by Crippen LogP contribution is -2.03. The Balaban J connectivity index is 1.12. The molecule has 0 aliphatic carbocycles. The molecule has 5 heteroatoms. The molecule has 0 aliphatic heterocycles. The van der Waals surface area contributed by atoms with Crippen molar-refractivity contribution in [3.05, 3.63) is 194 Å². The van der Waals surface area contributed by atoms with Gasteiger partial charge < -0.3 is 4.57 Å². The van der Waals surface area contributed by atoms with E-state index in [1.165, 1.54) is 20.0 Å². The van der Waals surface area contributed by atoms with Crippen molar-refractivity contribution in [1.29, 1.82) is 0 Å². The molecular formula is C51H32N4S. The van der Waals surface area contributed by atoms with Crippen molar-refractivity contribution in [3.8, 4) is 62.1 Å². The van der Waals surface area contributed by atoms with Crippen LogP contribution >= 0.6 is 11.3 Å². The van der Waals surface area contributed by atoms with Gasteiger partial charge in [0.05, 0.1) is 27.7 Å². The molecule has 262 valence electrons. The summed E-state index contributed by atoms with van der Waals surface area (Å²) in [7, 11) is 0. The first kappa shape index (κ1) is 25.0. The Morgan fingerprint density at radius 2 is 1.00 bits per heavy atom. The van der Waals surface area contributed by atoms with Crippen LogP contribution in [0.4, 0.5) is 0 Å². The number of rotatable bonds is 6. The summed E-state index contributed by atoms with van der Waals surface area (Å²) in [4.78, 5) is 15.2. The maximum Gasteiger partial charge on any atom is 0.166 e. The van der Waals surface area contributed by atoms with Gasteiger partial charge in [-0.3, -0.25) is 0 Å². The van der Waals surface area contributed by atoms with Gasteiger partial charge in [-0.1, -0.05) is 152 Å². The van der Waals surface area contributed by atoms with Crippen LogP contribution in [0.1, 0.15) is 11.0 Å². The lowest BCUT2D eigenvalue weighted by molar-refractivity contribution is 1.06. The second-order valence-electron chi connectivity index (χ2n) is 13.4. The molecule has 0 atom stereocenters. The average molecular weight is 741 g/mol. The second-order valence-corrected chi connectivity index (χ2v) is 14.5. The van der Waals surface area contributed by atoms with E-state index in [1.54, 1.807) is 35.6 Å². The molecule has 11 aromatic rings. The van der Waals surface area contributed by atoms with E-state index in [0.717, 1.165) is 38.1 Å². The van der Waals surface area contributed by atoms with E-state index < -0.39 is 36.3 Å². The molecule has 0 bridgehead atoms. The molecule has 0 radical (unpaired) electrons. The third kappa shape index (κ3) is 5.40. The fourth-order valence-electron chi connectivity index (χ4n) is 7.52. The molecule has 4 nitrogen and oxygen atoms in total. The zero-order valence-corrected chi connectivity index (χ0v) is 30.4. The molecule has 0 amide bonds. The highest BCUT2D eigenvalue weighted by Gasteiger charge is 2.19. The Bertz CT molecular complexity index is 3640. The van der Waals surface area contributed by atoms with Crippen molar-refractivity contribution >= 4 is 53.3 Å². The number of benzene rings is 8. The molecule has 0 fully saturated rings. The van der Waals surface area contributed by atoms with Crippen LogP contribution in [-0.4, -0.2) is 19.5 Å². The molecule has 0 N–H and O–H groups in total. The molecule has 0 unspecified atom stereocenters. The van der Waals surface area contributed by atoms with Crippen LogP contribution in [0.5, 0.6) is 0 Å². The number of thiophene rings is 1. The summed E-state index contributed by atoms with van der Waals surface area (Å²) in [5.41, 5.74) is 6.69. The Kier molecular flexibility index (Phi) is 5.92. The minimum absolute atomic E-state index is 0.00813. The van der Waals surface area contributed by atoms with Crippen LogP contribution in [0.2, 0.25) is 0 Å². The van der Waals surface area contributed by atoms with Crippen molar-refractivity contribution in [3.63, 3.8) is 0 Å². The van der Waals surface area contributed by atoms with E-state index in [2.05, 4.69) is 72.8 Å². The van der Waals surface area contributed by atoms with Crippen LogP contribution in [0.25, 0.3) is 104 Å². The second kappa shape index (κ2) is 13.3. The van der Waals surface area contributed by atoms with Gasteiger partial charge in [-0.25, -0.2) is 15.0 Å². The molecule has 8 aromatic carbocycles. The molecule has 0 spiro atoms. The molecule has 0 aliphatic rings. The van der Waals surface area contributed by atoms with Gasteiger partial charge in [0.25, 0.3) is 0 Å². The van der Waals surface area contributed by atoms with Gasteiger partial charge in [0, 0.05) is 47.6 Å². The monoisotopic (exact) mass is 740 g/mol. The van der Waals surface area contributed by atoms with E-state index in [-0.39, 0.29) is 39.7 Å². The van der Waals surface area contributed by atoms with Gasteiger partial charge in [0.15, 0.2) is 17.5 Å². The zero-order chi connectivity index (χ0) is 44.0. The van der Waals surface area contributed by atoms with Gasteiger partial charge in [0.2, 0.25) is 0 Å². The Morgan fingerprint density at radius 1 is 0.411 bits per heavy atom. The maximum absolute atomic E-state index is 9.11. The molecule has 3 aromatic heterocycles. The first-order valence-electron chi connectivity index (χ1n) is 22.1. The summed E-state index contributed by atoms with van der Waals surface area (Å²) >= 11 is 1.76. The van der Waals surface area contributed by atoms with Crippen molar-refractivity contribution < 1.29 is 11.0 Å². The van der Waals surface area contributed by atoms with Crippen LogP contribution < -0.4 is 0 Å². The molecular weight excluding hydrogens is 701 g/mol. The van der Waals surface area contributed by atoms with Gasteiger partial charge in [-0.2, -0.15) is 0 Å². The number of nitrogens with zero attached hydrogens (tertiary/aromatic N) is 4. The average Bonchev–Trinajstić information content (AvgIpc) is 3.91. The molecule has 0 saturated carbocycles. The van der Waals surface area contributed by atoms with Crippen molar-refractivity contribution in [2.75, 3.05) is 0 Å². The van der Waals surface area contributed by atoms with Gasteiger partial charge in [-0.05, 0) is 64.7 Å². The predicted molar refractivity (Wildman–Crippen MR) is 234 cm³/mol. The van der Waals surface area contributed by atoms with Crippen LogP contribution in [-0.2, 0) is 0 Å². The first-order chi connectivity index (χ1) is 31.1. The van der Waals surface area contributed by atoms with Gasteiger partial charge >= 0.3 is 0 Å². The van der Waals surface area contributed by atoms with Gasteiger partial charge in [-0.15, -0.1) is 11.3 Å². The lowest BCUT2D eigenvalue weighted by Gasteiger charge is -2.14. The fourth-order valence-corrected chi connectivity index (χ4v) is 8.74. The number of fused-ring (bicyclic) bond motifs is 6. The standard InChI is InChI=1S/C51H32N4S/c1-3-15-33(16-4-1)35-29-30-47-43(32-35)41-25-14-24-38(48(41)56-47)36-19-13-20-37(31-36)50-52-49(34-17-5-2-6-18-34)53-51(54-50)42-23-9-12-28-46(42)55-44-26-10-7-21-39(44)40-22-8-11-27-45(40)55/h1-32H/i7D,8D,10D,11D,21D,22D,26D,27D. The summed E-state index contributed by atoms with van der Waals surface area (Å²) in [6.07, 6.45) is 0. The van der Waals surface area contributed by atoms with Crippen molar-refractivity contribution in [2.24, 2.45) is 0 Å². The third-order valence-corrected chi connectivity index (χ3v) is 11.3. The largest absolute Gasteiger partial charge is 0.309 e. The number of para-hydroxylation sites is 3. The normalized spacial score (nSPS) is 13.6. The van der Waals surface area contributed by atoms with Crippen LogP contribution in [0, 0.1) is 0 Å².